The zero-order valence-corrected chi connectivity index (χ0v) is 14.7. The molecule has 0 spiro atoms. The molecule has 132 valence electrons. The van der Waals surface area contributed by atoms with Crippen LogP contribution in [0.4, 0.5) is 0 Å². The first-order valence-electron chi connectivity index (χ1n) is 9.29. The Morgan fingerprint density at radius 1 is 1.29 bits per heavy atom. The Morgan fingerprint density at radius 2 is 2.08 bits per heavy atom. The lowest BCUT2D eigenvalue weighted by Gasteiger charge is -2.41. The maximum absolute atomic E-state index is 12.7. The van der Waals surface area contributed by atoms with Crippen LogP contribution < -0.4 is 4.74 Å². The number of hydrogen-bond acceptors (Lipinski definition) is 4. The SMILES string of the molecule is CCOC(=O)[C@]1(CCOc2ccccc2)CCCN(CC2CC2)C1. The number of nitrogens with zero attached hydrogens (tertiary/aromatic N) is 1. The summed E-state index contributed by atoms with van der Waals surface area (Å²) in [6.45, 7) is 5.96. The van der Waals surface area contributed by atoms with E-state index in [1.54, 1.807) is 0 Å². The minimum atomic E-state index is -0.405. The van der Waals surface area contributed by atoms with Crippen LogP contribution in [0.1, 0.15) is 39.0 Å². The summed E-state index contributed by atoms with van der Waals surface area (Å²) in [6, 6.07) is 9.82. The van der Waals surface area contributed by atoms with Gasteiger partial charge in [-0.3, -0.25) is 4.79 Å². The minimum absolute atomic E-state index is 0.0397. The van der Waals surface area contributed by atoms with Crippen LogP contribution in [0, 0.1) is 11.3 Å². The number of benzene rings is 1. The number of esters is 1. The van der Waals surface area contributed by atoms with Crippen LogP contribution in [-0.2, 0) is 9.53 Å². The van der Waals surface area contributed by atoms with Crippen molar-refractivity contribution in [2.45, 2.75) is 39.0 Å². The van der Waals surface area contributed by atoms with Crippen molar-refractivity contribution in [3.05, 3.63) is 30.3 Å². The first-order chi connectivity index (χ1) is 11.7. The average molecular weight is 331 g/mol. The Hall–Kier alpha value is -1.55. The maximum Gasteiger partial charge on any atom is 0.313 e. The van der Waals surface area contributed by atoms with E-state index in [1.807, 2.05) is 37.3 Å². The van der Waals surface area contributed by atoms with Gasteiger partial charge in [-0.05, 0) is 63.6 Å². The second-order valence-electron chi connectivity index (χ2n) is 7.19. The summed E-state index contributed by atoms with van der Waals surface area (Å²) < 4.78 is 11.3. The highest BCUT2D eigenvalue weighted by Crippen LogP contribution is 2.38. The lowest BCUT2D eigenvalue weighted by molar-refractivity contribution is -0.160. The van der Waals surface area contributed by atoms with Crippen LogP contribution in [0.15, 0.2) is 30.3 Å². The molecule has 3 rings (SSSR count). The molecule has 4 nitrogen and oxygen atoms in total. The second kappa shape index (κ2) is 8.02. The van der Waals surface area contributed by atoms with E-state index >= 15 is 0 Å². The van der Waals surface area contributed by atoms with Gasteiger partial charge in [-0.2, -0.15) is 0 Å². The van der Waals surface area contributed by atoms with Crippen LogP contribution in [0.2, 0.25) is 0 Å². The molecule has 2 fully saturated rings. The Kier molecular flexibility index (Phi) is 5.77. The zero-order chi connectivity index (χ0) is 16.8. The third-order valence-corrected chi connectivity index (χ3v) is 5.17. The molecular weight excluding hydrogens is 302 g/mol. The highest BCUT2D eigenvalue weighted by Gasteiger charge is 2.44. The monoisotopic (exact) mass is 331 g/mol. The zero-order valence-electron chi connectivity index (χ0n) is 14.7. The van der Waals surface area contributed by atoms with E-state index in [-0.39, 0.29) is 5.97 Å². The fourth-order valence-corrected chi connectivity index (χ4v) is 3.69. The number of piperidine rings is 1. The van der Waals surface area contributed by atoms with E-state index in [0.29, 0.717) is 13.2 Å². The molecule has 1 aliphatic heterocycles. The summed E-state index contributed by atoms with van der Waals surface area (Å²) in [4.78, 5) is 15.2. The third kappa shape index (κ3) is 4.50. The summed E-state index contributed by atoms with van der Waals surface area (Å²) in [6.07, 6.45) is 5.39. The molecule has 0 bridgehead atoms. The van der Waals surface area contributed by atoms with Crippen molar-refractivity contribution in [1.82, 2.24) is 4.90 Å². The van der Waals surface area contributed by atoms with E-state index in [4.69, 9.17) is 9.47 Å². The van der Waals surface area contributed by atoms with E-state index in [1.165, 1.54) is 12.8 Å². The number of carbonyl (C=O) groups excluding carboxylic acids is 1. The van der Waals surface area contributed by atoms with Crippen LogP contribution >= 0.6 is 0 Å². The number of rotatable bonds is 8. The number of likely N-dealkylation sites (tertiary alicyclic amines) is 1. The second-order valence-corrected chi connectivity index (χ2v) is 7.19. The molecular formula is C20H29NO3. The Labute approximate surface area is 145 Å². The molecule has 1 heterocycles. The van der Waals surface area contributed by atoms with Crippen LogP contribution in [-0.4, -0.2) is 43.7 Å². The van der Waals surface area contributed by atoms with E-state index in [2.05, 4.69) is 4.90 Å². The summed E-state index contributed by atoms with van der Waals surface area (Å²) in [5.74, 6) is 1.67. The van der Waals surface area contributed by atoms with Gasteiger partial charge in [0.15, 0.2) is 0 Å². The molecule has 0 aromatic heterocycles. The third-order valence-electron chi connectivity index (χ3n) is 5.17. The molecule has 2 aliphatic rings. The molecule has 24 heavy (non-hydrogen) atoms. The summed E-state index contributed by atoms with van der Waals surface area (Å²) in [5, 5.41) is 0. The summed E-state index contributed by atoms with van der Waals surface area (Å²) in [7, 11) is 0. The average Bonchev–Trinajstić information content (AvgIpc) is 3.40. The van der Waals surface area contributed by atoms with Crippen molar-refractivity contribution in [3.63, 3.8) is 0 Å². The molecule has 1 saturated carbocycles. The van der Waals surface area contributed by atoms with Gasteiger partial charge in [0.25, 0.3) is 0 Å². The predicted molar refractivity (Wildman–Crippen MR) is 94.0 cm³/mol. The smallest absolute Gasteiger partial charge is 0.313 e. The van der Waals surface area contributed by atoms with Gasteiger partial charge in [-0.15, -0.1) is 0 Å². The van der Waals surface area contributed by atoms with Crippen LogP contribution in [0.25, 0.3) is 0 Å². The van der Waals surface area contributed by atoms with Crippen molar-refractivity contribution in [2.75, 3.05) is 32.8 Å². The van der Waals surface area contributed by atoms with Gasteiger partial charge in [-0.1, -0.05) is 18.2 Å². The highest BCUT2D eigenvalue weighted by atomic mass is 16.5. The summed E-state index contributed by atoms with van der Waals surface area (Å²) in [5.41, 5.74) is -0.405. The first-order valence-corrected chi connectivity index (χ1v) is 9.29. The molecule has 0 amide bonds. The van der Waals surface area contributed by atoms with Gasteiger partial charge in [0.05, 0.1) is 18.6 Å². The Bertz CT molecular complexity index is 529. The number of ether oxygens (including phenoxy) is 2. The lowest BCUT2D eigenvalue weighted by atomic mass is 9.77. The standard InChI is InChI=1S/C20H29NO3/c1-2-23-19(22)20(12-14-24-18-7-4-3-5-8-18)11-6-13-21(16-20)15-17-9-10-17/h3-5,7-8,17H,2,6,9-16H2,1H3/t20-/m0/s1. The van der Waals surface area contributed by atoms with Crippen molar-refractivity contribution >= 4 is 5.97 Å². The molecule has 0 radical (unpaired) electrons. The normalized spacial score (nSPS) is 24.5. The lowest BCUT2D eigenvalue weighted by Crippen LogP contribution is -2.49. The van der Waals surface area contributed by atoms with Crippen LogP contribution in [0.5, 0.6) is 5.75 Å². The van der Waals surface area contributed by atoms with E-state index in [9.17, 15) is 4.79 Å². The number of para-hydroxylation sites is 1. The molecule has 1 aromatic carbocycles. The van der Waals surface area contributed by atoms with Crippen molar-refractivity contribution in [1.29, 1.82) is 0 Å². The van der Waals surface area contributed by atoms with E-state index in [0.717, 1.165) is 50.6 Å². The number of carbonyl (C=O) groups is 1. The van der Waals surface area contributed by atoms with Gasteiger partial charge < -0.3 is 14.4 Å². The first kappa shape index (κ1) is 17.3. The van der Waals surface area contributed by atoms with Crippen molar-refractivity contribution in [2.24, 2.45) is 11.3 Å². The molecule has 1 atom stereocenters. The molecule has 4 heteroatoms. The quantitative estimate of drug-likeness (QED) is 0.683. The maximum atomic E-state index is 12.7. The van der Waals surface area contributed by atoms with Crippen LogP contribution in [0.3, 0.4) is 0 Å². The largest absolute Gasteiger partial charge is 0.494 e. The van der Waals surface area contributed by atoms with Gasteiger partial charge in [0.1, 0.15) is 5.75 Å². The topological polar surface area (TPSA) is 38.8 Å². The minimum Gasteiger partial charge on any atom is -0.494 e. The van der Waals surface area contributed by atoms with Gasteiger partial charge >= 0.3 is 5.97 Å². The summed E-state index contributed by atoms with van der Waals surface area (Å²) >= 11 is 0. The molecule has 1 saturated heterocycles. The Morgan fingerprint density at radius 3 is 2.79 bits per heavy atom. The van der Waals surface area contributed by atoms with Gasteiger partial charge in [-0.25, -0.2) is 0 Å². The highest BCUT2D eigenvalue weighted by molar-refractivity contribution is 5.77. The number of hydrogen-bond donors (Lipinski definition) is 0. The van der Waals surface area contributed by atoms with E-state index < -0.39 is 5.41 Å². The van der Waals surface area contributed by atoms with Gasteiger partial charge in [0.2, 0.25) is 0 Å². The fraction of sp³-hybridized carbons (Fsp3) is 0.650. The fourth-order valence-electron chi connectivity index (χ4n) is 3.69. The Balaban J connectivity index is 1.61. The van der Waals surface area contributed by atoms with Crippen molar-refractivity contribution in [3.8, 4) is 5.75 Å². The molecule has 1 aromatic rings. The molecule has 0 unspecified atom stereocenters. The predicted octanol–water partition coefficient (Wildman–Crippen LogP) is 3.51. The molecule has 0 N–H and O–H groups in total. The van der Waals surface area contributed by atoms with Crippen molar-refractivity contribution < 1.29 is 14.3 Å². The van der Waals surface area contributed by atoms with Gasteiger partial charge in [0, 0.05) is 13.1 Å². The molecule has 1 aliphatic carbocycles.